The molecule has 1 fully saturated rings. The van der Waals surface area contributed by atoms with E-state index in [1.54, 1.807) is 0 Å². The molecule has 0 aromatic carbocycles. The molecule has 1 saturated heterocycles. The molecule has 0 amide bonds. The molecule has 1 unspecified atom stereocenters. The van der Waals surface area contributed by atoms with Crippen LogP contribution in [-0.4, -0.2) is 50.1 Å². The zero-order chi connectivity index (χ0) is 13.6. The quantitative estimate of drug-likeness (QED) is 0.766. The fraction of sp³-hybridized carbons (Fsp3) is 1.00. The summed E-state index contributed by atoms with van der Waals surface area (Å²) in [7, 11) is 0. The minimum Gasteiger partial charge on any atom is -0.315 e. The lowest BCUT2D eigenvalue weighted by molar-refractivity contribution is -0.325. The van der Waals surface area contributed by atoms with Gasteiger partial charge in [0.25, 0.3) is 0 Å². The van der Waals surface area contributed by atoms with Gasteiger partial charge in [-0.3, -0.25) is 9.64 Å². The molecule has 0 saturated carbocycles. The summed E-state index contributed by atoms with van der Waals surface area (Å²) >= 11 is 0. The highest BCUT2D eigenvalue weighted by atomic mass is 19.4. The molecule has 0 aromatic rings. The Kier molecular flexibility index (Phi) is 6.38. The van der Waals surface area contributed by atoms with Crippen LogP contribution in [-0.2, 0) is 4.74 Å². The van der Waals surface area contributed by atoms with Gasteiger partial charge >= 0.3 is 6.36 Å². The van der Waals surface area contributed by atoms with Crippen LogP contribution in [0, 0.1) is 5.92 Å². The normalized spacial score (nSPS) is 22.0. The van der Waals surface area contributed by atoms with E-state index < -0.39 is 6.36 Å². The van der Waals surface area contributed by atoms with Gasteiger partial charge in [-0.1, -0.05) is 13.8 Å². The molecule has 1 atom stereocenters. The third kappa shape index (κ3) is 6.56. The van der Waals surface area contributed by atoms with Crippen LogP contribution in [0.4, 0.5) is 13.2 Å². The Balaban J connectivity index is 2.19. The van der Waals surface area contributed by atoms with E-state index in [9.17, 15) is 13.2 Å². The molecule has 1 rings (SSSR count). The van der Waals surface area contributed by atoms with Crippen molar-refractivity contribution in [2.75, 3.05) is 32.8 Å². The molecule has 0 aromatic heterocycles. The molecule has 0 aliphatic carbocycles. The van der Waals surface area contributed by atoms with Crippen molar-refractivity contribution in [1.29, 1.82) is 0 Å². The number of hydrogen-bond acceptors (Lipinski definition) is 3. The van der Waals surface area contributed by atoms with E-state index in [0.29, 0.717) is 18.5 Å². The second-order valence-corrected chi connectivity index (χ2v) is 5.18. The van der Waals surface area contributed by atoms with Gasteiger partial charge in [0.05, 0.1) is 6.61 Å². The van der Waals surface area contributed by atoms with Crippen molar-refractivity contribution in [1.82, 2.24) is 10.2 Å². The number of hydrogen-bond donors (Lipinski definition) is 1. The van der Waals surface area contributed by atoms with E-state index in [1.165, 1.54) is 0 Å². The first-order valence-electron chi connectivity index (χ1n) is 6.54. The van der Waals surface area contributed by atoms with E-state index in [4.69, 9.17) is 0 Å². The van der Waals surface area contributed by atoms with Gasteiger partial charge in [0, 0.05) is 19.1 Å². The second-order valence-electron chi connectivity index (χ2n) is 5.18. The van der Waals surface area contributed by atoms with Crippen LogP contribution in [0.2, 0.25) is 0 Å². The summed E-state index contributed by atoms with van der Waals surface area (Å²) in [5.74, 6) is 0.591. The van der Waals surface area contributed by atoms with Crippen molar-refractivity contribution in [3.63, 3.8) is 0 Å². The van der Waals surface area contributed by atoms with Gasteiger partial charge in [-0.2, -0.15) is 0 Å². The predicted octanol–water partition coefficient (Wildman–Crippen LogP) is 2.23. The van der Waals surface area contributed by atoms with Gasteiger partial charge in [0.2, 0.25) is 0 Å². The van der Waals surface area contributed by atoms with Gasteiger partial charge in [0.15, 0.2) is 0 Å². The summed E-state index contributed by atoms with van der Waals surface area (Å²) in [6.45, 7) is 7.02. The first-order valence-corrected chi connectivity index (χ1v) is 6.54. The summed E-state index contributed by atoms with van der Waals surface area (Å²) in [4.78, 5) is 2.08. The molecule has 1 aliphatic heterocycles. The number of nitrogens with zero attached hydrogens (tertiary/aromatic N) is 1. The number of rotatable bonds is 7. The van der Waals surface area contributed by atoms with E-state index in [0.717, 1.165) is 32.5 Å². The summed E-state index contributed by atoms with van der Waals surface area (Å²) in [5, 5.41) is 3.36. The van der Waals surface area contributed by atoms with Gasteiger partial charge in [-0.05, 0) is 31.8 Å². The van der Waals surface area contributed by atoms with Crippen molar-refractivity contribution in [3.05, 3.63) is 0 Å². The fourth-order valence-corrected chi connectivity index (χ4v) is 2.24. The molecule has 0 radical (unpaired) electrons. The third-order valence-electron chi connectivity index (χ3n) is 3.08. The standard InChI is InChI=1S/C12H23F3N2O/c1-10(2)8-16-9-11-4-3-5-17(11)6-7-18-12(13,14)15/h10-11,16H,3-9H2,1-2H3. The predicted molar refractivity (Wildman–Crippen MR) is 64.3 cm³/mol. The zero-order valence-corrected chi connectivity index (χ0v) is 11.1. The SMILES string of the molecule is CC(C)CNCC1CCCN1CCOC(F)(F)F. The largest absolute Gasteiger partial charge is 0.522 e. The fourth-order valence-electron chi connectivity index (χ4n) is 2.24. The number of ether oxygens (including phenoxy) is 1. The average Bonchev–Trinajstić information content (AvgIpc) is 2.63. The molecule has 3 nitrogen and oxygen atoms in total. The highest BCUT2D eigenvalue weighted by molar-refractivity contribution is 4.80. The van der Waals surface area contributed by atoms with Crippen LogP contribution >= 0.6 is 0 Å². The van der Waals surface area contributed by atoms with Crippen LogP contribution in [0.15, 0.2) is 0 Å². The topological polar surface area (TPSA) is 24.5 Å². The number of alkyl halides is 3. The van der Waals surface area contributed by atoms with Gasteiger partial charge < -0.3 is 5.32 Å². The molecule has 0 bridgehead atoms. The zero-order valence-electron chi connectivity index (χ0n) is 11.1. The minimum absolute atomic E-state index is 0.274. The Bertz CT molecular complexity index is 234. The smallest absolute Gasteiger partial charge is 0.315 e. The summed E-state index contributed by atoms with van der Waals surface area (Å²) in [5.41, 5.74) is 0. The summed E-state index contributed by atoms with van der Waals surface area (Å²) < 4.78 is 39.4. The highest BCUT2D eigenvalue weighted by Gasteiger charge is 2.30. The number of likely N-dealkylation sites (tertiary alicyclic amines) is 1. The maximum Gasteiger partial charge on any atom is 0.522 e. The maximum absolute atomic E-state index is 11.9. The Morgan fingerprint density at radius 3 is 2.72 bits per heavy atom. The van der Waals surface area contributed by atoms with E-state index in [2.05, 4.69) is 28.8 Å². The summed E-state index contributed by atoms with van der Waals surface area (Å²) in [6, 6.07) is 0.348. The Labute approximate surface area is 107 Å². The summed E-state index contributed by atoms with van der Waals surface area (Å²) in [6.07, 6.45) is -2.40. The van der Waals surface area contributed by atoms with Crippen molar-refractivity contribution < 1.29 is 17.9 Å². The number of halogens is 3. The molecular formula is C12H23F3N2O. The van der Waals surface area contributed by atoms with Gasteiger partial charge in [-0.25, -0.2) is 0 Å². The van der Waals surface area contributed by atoms with Crippen molar-refractivity contribution in [3.8, 4) is 0 Å². The van der Waals surface area contributed by atoms with Crippen LogP contribution < -0.4 is 5.32 Å². The highest BCUT2D eigenvalue weighted by Crippen LogP contribution is 2.19. The Morgan fingerprint density at radius 2 is 2.11 bits per heavy atom. The lowest BCUT2D eigenvalue weighted by Gasteiger charge is -2.25. The molecule has 1 N–H and O–H groups in total. The third-order valence-corrected chi connectivity index (χ3v) is 3.08. The molecule has 18 heavy (non-hydrogen) atoms. The van der Waals surface area contributed by atoms with Crippen LogP contribution in [0.1, 0.15) is 26.7 Å². The first-order chi connectivity index (χ1) is 8.38. The van der Waals surface area contributed by atoms with Crippen LogP contribution in [0.5, 0.6) is 0 Å². The molecule has 6 heteroatoms. The molecule has 108 valence electrons. The van der Waals surface area contributed by atoms with Crippen molar-refractivity contribution in [2.24, 2.45) is 5.92 Å². The van der Waals surface area contributed by atoms with Crippen LogP contribution in [0.3, 0.4) is 0 Å². The average molecular weight is 268 g/mol. The van der Waals surface area contributed by atoms with Crippen LogP contribution in [0.25, 0.3) is 0 Å². The lowest BCUT2D eigenvalue weighted by Crippen LogP contribution is -2.40. The first kappa shape index (κ1) is 15.7. The molecule has 1 aliphatic rings. The molecular weight excluding hydrogens is 245 g/mol. The van der Waals surface area contributed by atoms with E-state index in [-0.39, 0.29) is 6.61 Å². The number of nitrogens with one attached hydrogen (secondary N) is 1. The monoisotopic (exact) mass is 268 g/mol. The lowest BCUT2D eigenvalue weighted by atomic mass is 10.2. The Morgan fingerprint density at radius 1 is 1.39 bits per heavy atom. The maximum atomic E-state index is 11.9. The molecule has 0 spiro atoms. The van der Waals surface area contributed by atoms with Gasteiger partial charge in [0.1, 0.15) is 0 Å². The van der Waals surface area contributed by atoms with Gasteiger partial charge in [-0.15, -0.1) is 13.2 Å². The van der Waals surface area contributed by atoms with E-state index in [1.807, 2.05) is 0 Å². The van der Waals surface area contributed by atoms with Crippen molar-refractivity contribution >= 4 is 0 Å². The minimum atomic E-state index is -4.51. The van der Waals surface area contributed by atoms with E-state index >= 15 is 0 Å². The second kappa shape index (κ2) is 7.31. The van der Waals surface area contributed by atoms with Crippen molar-refractivity contribution in [2.45, 2.75) is 39.1 Å². The molecule has 1 heterocycles. The Hall–Kier alpha value is -0.330.